The van der Waals surface area contributed by atoms with Gasteiger partial charge in [0.25, 0.3) is 0 Å². The van der Waals surface area contributed by atoms with Crippen LogP contribution in [0.1, 0.15) is 18.1 Å². The average Bonchev–Trinajstić information content (AvgIpc) is 2.17. The van der Waals surface area contributed by atoms with Crippen molar-refractivity contribution >= 4 is 11.6 Å². The van der Waals surface area contributed by atoms with E-state index >= 15 is 0 Å². The Labute approximate surface area is 97.5 Å². The molecule has 1 aromatic rings. The molecule has 3 heteroatoms. The number of benzene rings is 1. The maximum atomic E-state index is 11.9. The molecule has 16 heavy (non-hydrogen) atoms. The highest BCUT2D eigenvalue weighted by Crippen LogP contribution is 2.18. The van der Waals surface area contributed by atoms with Crippen LogP contribution in [0.2, 0.25) is 0 Å². The Morgan fingerprint density at radius 3 is 2.25 bits per heavy atom. The molecule has 3 nitrogen and oxygen atoms in total. The fourth-order valence-corrected chi connectivity index (χ4v) is 1.86. The first-order valence-corrected chi connectivity index (χ1v) is 5.61. The van der Waals surface area contributed by atoms with Crippen LogP contribution in [0.4, 0.5) is 5.69 Å². The van der Waals surface area contributed by atoms with E-state index < -0.39 is 0 Å². The molecule has 0 aliphatic heterocycles. The molecule has 0 aliphatic rings. The zero-order valence-electron chi connectivity index (χ0n) is 10.5. The highest BCUT2D eigenvalue weighted by Gasteiger charge is 2.13. The first-order chi connectivity index (χ1) is 7.58. The molecule has 0 saturated carbocycles. The van der Waals surface area contributed by atoms with Crippen LogP contribution in [-0.4, -0.2) is 26.0 Å². The van der Waals surface area contributed by atoms with E-state index in [4.69, 9.17) is 0 Å². The molecule has 0 aliphatic carbocycles. The minimum atomic E-state index is 0.106. The second-order valence-electron chi connectivity index (χ2n) is 4.01. The molecule has 1 amide bonds. The van der Waals surface area contributed by atoms with E-state index in [1.54, 1.807) is 11.9 Å². The van der Waals surface area contributed by atoms with Crippen molar-refractivity contribution in [3.8, 4) is 0 Å². The fourth-order valence-electron chi connectivity index (χ4n) is 1.86. The monoisotopic (exact) mass is 220 g/mol. The molecule has 0 fully saturated rings. The summed E-state index contributed by atoms with van der Waals surface area (Å²) < 4.78 is 0. The Hall–Kier alpha value is -1.35. The minimum absolute atomic E-state index is 0.106. The zero-order chi connectivity index (χ0) is 12.1. The molecule has 1 N–H and O–H groups in total. The summed E-state index contributed by atoms with van der Waals surface area (Å²) in [5.41, 5.74) is 3.36. The maximum Gasteiger partial charge on any atom is 0.240 e. The number of anilines is 1. The Kier molecular flexibility index (Phi) is 4.50. The molecule has 1 rings (SSSR count). The molecule has 0 radical (unpaired) electrons. The smallest absolute Gasteiger partial charge is 0.240 e. The largest absolute Gasteiger partial charge is 0.312 e. The summed E-state index contributed by atoms with van der Waals surface area (Å²) in [6.07, 6.45) is 0. The number of carbonyl (C=O) groups is 1. The highest BCUT2D eigenvalue weighted by molar-refractivity contribution is 5.94. The van der Waals surface area contributed by atoms with Crippen molar-refractivity contribution in [3.05, 3.63) is 29.3 Å². The summed E-state index contributed by atoms with van der Waals surface area (Å²) in [7, 11) is 1.78. The summed E-state index contributed by atoms with van der Waals surface area (Å²) >= 11 is 0. The predicted octanol–water partition coefficient (Wildman–Crippen LogP) is 1.88. The summed E-state index contributed by atoms with van der Waals surface area (Å²) in [6.45, 7) is 7.16. The summed E-state index contributed by atoms with van der Waals surface area (Å²) in [6, 6.07) is 6.20. The van der Waals surface area contributed by atoms with E-state index in [2.05, 4.69) is 11.4 Å². The van der Waals surface area contributed by atoms with E-state index in [-0.39, 0.29) is 5.91 Å². The van der Waals surface area contributed by atoms with Crippen molar-refractivity contribution in [1.29, 1.82) is 0 Å². The van der Waals surface area contributed by atoms with Gasteiger partial charge in [-0.2, -0.15) is 0 Å². The second-order valence-corrected chi connectivity index (χ2v) is 4.01. The van der Waals surface area contributed by atoms with Gasteiger partial charge in [0, 0.05) is 12.2 Å². The molecular formula is C13H20N2O. The van der Waals surface area contributed by atoms with Gasteiger partial charge >= 0.3 is 0 Å². The molecule has 0 atom stereocenters. The van der Waals surface area contributed by atoms with E-state index in [1.807, 2.05) is 32.9 Å². The molecular weight excluding hydrogens is 200 g/mol. The number of nitrogens with zero attached hydrogens (tertiary/aromatic N) is 1. The van der Waals surface area contributed by atoms with Crippen LogP contribution >= 0.6 is 0 Å². The van der Waals surface area contributed by atoms with Crippen LogP contribution in [0, 0.1) is 13.8 Å². The third kappa shape index (κ3) is 3.07. The van der Waals surface area contributed by atoms with Crippen molar-refractivity contribution in [2.75, 3.05) is 25.0 Å². The maximum absolute atomic E-state index is 11.9. The fraction of sp³-hybridized carbons (Fsp3) is 0.462. The predicted molar refractivity (Wildman–Crippen MR) is 67.9 cm³/mol. The van der Waals surface area contributed by atoms with E-state index in [9.17, 15) is 4.79 Å². The molecule has 0 spiro atoms. The molecule has 0 heterocycles. The van der Waals surface area contributed by atoms with Gasteiger partial charge in [0.1, 0.15) is 0 Å². The summed E-state index contributed by atoms with van der Waals surface area (Å²) in [4.78, 5) is 13.7. The lowest BCUT2D eigenvalue weighted by Gasteiger charge is -2.22. The van der Waals surface area contributed by atoms with Crippen molar-refractivity contribution in [2.45, 2.75) is 20.8 Å². The normalized spacial score (nSPS) is 10.2. The van der Waals surface area contributed by atoms with Crippen molar-refractivity contribution in [2.24, 2.45) is 0 Å². The van der Waals surface area contributed by atoms with Crippen LogP contribution in [-0.2, 0) is 4.79 Å². The first-order valence-electron chi connectivity index (χ1n) is 5.61. The first kappa shape index (κ1) is 12.7. The number of aryl methyl sites for hydroxylation is 2. The third-order valence-corrected chi connectivity index (χ3v) is 2.46. The number of amides is 1. The van der Waals surface area contributed by atoms with Crippen LogP contribution in [0.5, 0.6) is 0 Å². The van der Waals surface area contributed by atoms with Gasteiger partial charge in [-0.05, 0) is 51.1 Å². The Bertz CT molecular complexity index is 354. The summed E-state index contributed by atoms with van der Waals surface area (Å²) in [5.74, 6) is 0.106. The number of hydrogen-bond donors (Lipinski definition) is 1. The number of likely N-dealkylation sites (N-methyl/N-ethyl adjacent to an activating group) is 2. The van der Waals surface area contributed by atoms with Crippen molar-refractivity contribution in [3.63, 3.8) is 0 Å². The Morgan fingerprint density at radius 1 is 1.25 bits per heavy atom. The van der Waals surface area contributed by atoms with Gasteiger partial charge in [0.2, 0.25) is 5.91 Å². The zero-order valence-corrected chi connectivity index (χ0v) is 10.5. The Morgan fingerprint density at radius 2 is 1.81 bits per heavy atom. The van der Waals surface area contributed by atoms with Gasteiger partial charge in [-0.15, -0.1) is 0 Å². The number of rotatable bonds is 4. The number of carbonyl (C=O) groups excluding carboxylic acids is 1. The van der Waals surface area contributed by atoms with Gasteiger partial charge in [0.05, 0.1) is 6.54 Å². The van der Waals surface area contributed by atoms with Crippen LogP contribution < -0.4 is 10.2 Å². The molecule has 88 valence electrons. The van der Waals surface area contributed by atoms with E-state index in [0.717, 1.165) is 5.69 Å². The minimum Gasteiger partial charge on any atom is -0.312 e. The highest BCUT2D eigenvalue weighted by atomic mass is 16.2. The van der Waals surface area contributed by atoms with Gasteiger partial charge in [-0.3, -0.25) is 4.79 Å². The summed E-state index contributed by atoms with van der Waals surface area (Å²) in [5, 5.41) is 2.89. The lowest BCUT2D eigenvalue weighted by atomic mass is 10.1. The van der Waals surface area contributed by atoms with Gasteiger partial charge in [-0.25, -0.2) is 0 Å². The lowest BCUT2D eigenvalue weighted by molar-refractivity contribution is -0.117. The SMILES string of the molecule is CCN(C(=O)CNC)c1cc(C)cc(C)c1. The average molecular weight is 220 g/mol. The quantitative estimate of drug-likeness (QED) is 0.840. The lowest BCUT2D eigenvalue weighted by Crippen LogP contribution is -2.37. The third-order valence-electron chi connectivity index (χ3n) is 2.46. The van der Waals surface area contributed by atoms with Gasteiger partial charge in [0.15, 0.2) is 0 Å². The standard InChI is InChI=1S/C13H20N2O/c1-5-15(13(16)9-14-4)12-7-10(2)6-11(3)8-12/h6-8,14H,5,9H2,1-4H3. The van der Waals surface area contributed by atoms with Crippen LogP contribution in [0.15, 0.2) is 18.2 Å². The van der Waals surface area contributed by atoms with Crippen LogP contribution in [0.3, 0.4) is 0 Å². The van der Waals surface area contributed by atoms with Gasteiger partial charge < -0.3 is 10.2 Å². The van der Waals surface area contributed by atoms with Crippen molar-refractivity contribution in [1.82, 2.24) is 5.32 Å². The topological polar surface area (TPSA) is 32.3 Å². The molecule has 0 bridgehead atoms. The van der Waals surface area contributed by atoms with E-state index in [0.29, 0.717) is 13.1 Å². The second kappa shape index (κ2) is 5.66. The van der Waals surface area contributed by atoms with E-state index in [1.165, 1.54) is 11.1 Å². The molecule has 0 unspecified atom stereocenters. The van der Waals surface area contributed by atoms with Crippen molar-refractivity contribution < 1.29 is 4.79 Å². The molecule has 1 aromatic carbocycles. The number of hydrogen-bond acceptors (Lipinski definition) is 2. The van der Waals surface area contributed by atoms with Gasteiger partial charge in [-0.1, -0.05) is 6.07 Å². The molecule has 0 saturated heterocycles. The number of nitrogens with one attached hydrogen (secondary N) is 1. The van der Waals surface area contributed by atoms with Crippen LogP contribution in [0.25, 0.3) is 0 Å². The Balaban J connectivity index is 2.98. The molecule has 0 aromatic heterocycles.